The molecular weight excluding hydrogens is 393 g/mol. The second-order valence-electron chi connectivity index (χ2n) is 6.97. The molecule has 1 heterocycles. The first kappa shape index (κ1) is 23.8. The predicted molar refractivity (Wildman–Crippen MR) is 124 cm³/mol. The van der Waals surface area contributed by atoms with Crippen LogP contribution in [0.4, 0.5) is 4.39 Å². The Morgan fingerprint density at radius 2 is 2.03 bits per heavy atom. The first-order valence-corrected chi connectivity index (χ1v) is 10.2. The van der Waals surface area contributed by atoms with Crippen molar-refractivity contribution in [2.75, 3.05) is 0 Å². The van der Waals surface area contributed by atoms with Crippen molar-refractivity contribution in [1.82, 2.24) is 4.90 Å². The molecule has 1 aromatic rings. The van der Waals surface area contributed by atoms with E-state index in [0.29, 0.717) is 41.0 Å². The highest BCUT2D eigenvalue weighted by atomic mass is 19.1. The zero-order valence-corrected chi connectivity index (χ0v) is 18.4. The Morgan fingerprint density at radius 1 is 1.35 bits per heavy atom. The van der Waals surface area contributed by atoms with Gasteiger partial charge in [-0.3, -0.25) is 5.41 Å². The molecule has 0 aromatic heterocycles. The maximum Gasteiger partial charge on any atom is 0.212 e. The number of nitrogens with zero attached hydrogens (tertiary/aromatic N) is 4. The number of rotatable bonds is 9. The second kappa shape index (κ2) is 11.1. The summed E-state index contributed by atoms with van der Waals surface area (Å²) in [6, 6.07) is 5.59. The van der Waals surface area contributed by atoms with Crippen molar-refractivity contribution in [3.05, 3.63) is 77.4 Å². The number of amidine groups is 1. The standard InChI is InChI=1S/C24H28FN5O/c1-6-16(4)27-15-22(8-3)30(17(5)26)24(31)18(7-2)13-20-14-28-29-23(20)19-9-11-21(25)12-10-19/h6,9-15,22,26H,4,7-8H2,1-3,5H3. The highest BCUT2D eigenvalue weighted by molar-refractivity contribution is 6.26. The number of aliphatic imine (C=N–C) groups is 1. The molecule has 0 saturated heterocycles. The lowest BCUT2D eigenvalue weighted by Gasteiger charge is -2.37. The maximum atomic E-state index is 13.4. The molecule has 1 unspecified atom stereocenters. The number of halogens is 1. The lowest BCUT2D eigenvalue weighted by atomic mass is 10.0. The summed E-state index contributed by atoms with van der Waals surface area (Å²) in [5.74, 6) is -0.477. The van der Waals surface area contributed by atoms with Crippen LogP contribution in [0, 0.1) is 17.6 Å². The van der Waals surface area contributed by atoms with Crippen LogP contribution in [0.2, 0.25) is 0 Å². The van der Waals surface area contributed by atoms with Crippen LogP contribution < -0.4 is 5.11 Å². The molecule has 1 N–H and O–H groups in total. The third-order valence-electron chi connectivity index (χ3n) is 4.81. The third-order valence-corrected chi connectivity index (χ3v) is 4.81. The first-order valence-electron chi connectivity index (χ1n) is 10.2. The minimum Gasteiger partial charge on any atom is -0.860 e. The third kappa shape index (κ3) is 6.01. The van der Waals surface area contributed by atoms with Crippen LogP contribution in [0.15, 0.2) is 74.8 Å². The largest absolute Gasteiger partial charge is 0.860 e. The minimum absolute atomic E-state index is 0.131. The summed E-state index contributed by atoms with van der Waals surface area (Å²) in [6.07, 6.45) is 7.79. The lowest BCUT2D eigenvalue weighted by Crippen LogP contribution is -2.43. The van der Waals surface area contributed by atoms with Gasteiger partial charge in [0.1, 0.15) is 11.5 Å². The quantitative estimate of drug-likeness (QED) is 0.277. The predicted octanol–water partition coefficient (Wildman–Crippen LogP) is 4.41. The zero-order chi connectivity index (χ0) is 23.0. The van der Waals surface area contributed by atoms with Crippen molar-refractivity contribution < 1.29 is 9.50 Å². The molecule has 1 aliphatic heterocycles. The summed E-state index contributed by atoms with van der Waals surface area (Å²) < 4.78 is 13.3. The van der Waals surface area contributed by atoms with E-state index in [2.05, 4.69) is 21.8 Å². The van der Waals surface area contributed by atoms with E-state index in [0.717, 1.165) is 0 Å². The monoisotopic (exact) mass is 421 g/mol. The van der Waals surface area contributed by atoms with Crippen LogP contribution >= 0.6 is 0 Å². The van der Waals surface area contributed by atoms with Crippen molar-refractivity contribution in [3.8, 4) is 0 Å². The van der Waals surface area contributed by atoms with Crippen LogP contribution in [-0.2, 0) is 0 Å². The van der Waals surface area contributed by atoms with E-state index in [-0.39, 0.29) is 23.6 Å². The molecule has 0 bridgehead atoms. The average Bonchev–Trinajstić information content (AvgIpc) is 3.22. The highest BCUT2D eigenvalue weighted by Gasteiger charge is 2.19. The Bertz CT molecular complexity index is 970. The summed E-state index contributed by atoms with van der Waals surface area (Å²) >= 11 is 0. The number of hydrogen-bond acceptors (Lipinski definition) is 5. The second-order valence-corrected chi connectivity index (χ2v) is 6.97. The molecule has 0 saturated carbocycles. The summed E-state index contributed by atoms with van der Waals surface area (Å²) in [5.41, 5.74) is 3.05. The van der Waals surface area contributed by atoms with E-state index in [1.165, 1.54) is 17.0 Å². The molecule has 0 spiro atoms. The van der Waals surface area contributed by atoms with Crippen molar-refractivity contribution in [2.24, 2.45) is 15.2 Å². The van der Waals surface area contributed by atoms with Gasteiger partial charge >= 0.3 is 0 Å². The summed E-state index contributed by atoms with van der Waals surface area (Å²) in [7, 11) is 0. The smallest absolute Gasteiger partial charge is 0.212 e. The zero-order valence-electron chi connectivity index (χ0n) is 18.4. The van der Waals surface area contributed by atoms with Gasteiger partial charge in [-0.15, -0.1) is 5.10 Å². The topological polar surface area (TPSA) is 87.2 Å². The van der Waals surface area contributed by atoms with Gasteiger partial charge in [0.15, 0.2) is 0 Å². The van der Waals surface area contributed by atoms with E-state index in [4.69, 9.17) is 5.41 Å². The van der Waals surface area contributed by atoms with Crippen molar-refractivity contribution in [3.63, 3.8) is 0 Å². The fourth-order valence-electron chi connectivity index (χ4n) is 3.03. The molecule has 6 nitrogen and oxygen atoms in total. The number of benzene rings is 1. The number of hydrogen-bond donors (Lipinski definition) is 1. The molecule has 1 aliphatic rings. The normalized spacial score (nSPS) is 16.3. The molecule has 0 aliphatic carbocycles. The van der Waals surface area contributed by atoms with Gasteiger partial charge in [-0.25, -0.2) is 9.38 Å². The minimum atomic E-state index is -0.371. The molecule has 1 atom stereocenters. The van der Waals surface area contributed by atoms with Gasteiger partial charge in [0, 0.05) is 24.3 Å². The fourth-order valence-corrected chi connectivity index (χ4v) is 3.03. The van der Waals surface area contributed by atoms with E-state index >= 15 is 0 Å². The maximum absolute atomic E-state index is 13.4. The van der Waals surface area contributed by atoms with E-state index in [1.807, 2.05) is 20.8 Å². The Balaban J connectivity index is 2.44. The summed E-state index contributed by atoms with van der Waals surface area (Å²) in [4.78, 5) is 5.72. The fraction of sp³-hybridized carbons (Fsp3) is 0.292. The van der Waals surface area contributed by atoms with Crippen LogP contribution in [0.5, 0.6) is 0 Å². The van der Waals surface area contributed by atoms with Gasteiger partial charge in [0.25, 0.3) is 0 Å². The van der Waals surface area contributed by atoms with E-state index in [1.54, 1.807) is 44.0 Å². The molecule has 1 aromatic carbocycles. The Labute approximate surface area is 183 Å². The average molecular weight is 422 g/mol. The molecule has 2 rings (SSSR count). The van der Waals surface area contributed by atoms with Crippen LogP contribution in [-0.4, -0.2) is 34.9 Å². The van der Waals surface area contributed by atoms with E-state index in [9.17, 15) is 9.50 Å². The molecule has 0 fully saturated rings. The molecule has 0 amide bonds. The molecule has 7 heteroatoms. The van der Waals surface area contributed by atoms with Crippen LogP contribution in [0.1, 0.15) is 46.1 Å². The van der Waals surface area contributed by atoms with Crippen LogP contribution in [0.25, 0.3) is 0 Å². The molecule has 31 heavy (non-hydrogen) atoms. The van der Waals surface area contributed by atoms with Crippen molar-refractivity contribution in [2.45, 2.75) is 46.6 Å². The highest BCUT2D eigenvalue weighted by Crippen LogP contribution is 2.21. The van der Waals surface area contributed by atoms with Gasteiger partial charge < -0.3 is 10.0 Å². The van der Waals surface area contributed by atoms with Gasteiger partial charge in [-0.05, 0) is 61.6 Å². The van der Waals surface area contributed by atoms with E-state index < -0.39 is 0 Å². The Hall–Kier alpha value is -3.48. The lowest BCUT2D eigenvalue weighted by molar-refractivity contribution is -0.329. The van der Waals surface area contributed by atoms with Gasteiger partial charge in [0.05, 0.1) is 31.1 Å². The summed E-state index contributed by atoms with van der Waals surface area (Å²) in [6.45, 7) is 11.0. The number of nitrogens with one attached hydrogen (secondary N) is 1. The van der Waals surface area contributed by atoms with Crippen molar-refractivity contribution in [1.29, 1.82) is 5.41 Å². The Morgan fingerprint density at radius 3 is 2.58 bits per heavy atom. The first-order chi connectivity index (χ1) is 14.8. The number of allylic oxidation sites excluding steroid dienone is 4. The molecular formula is C24H28FN5O. The van der Waals surface area contributed by atoms with Gasteiger partial charge in [-0.1, -0.05) is 13.8 Å². The SMILES string of the molecule is C=C([CH+]C)N=CC(CC)N(C(C)=N)C([O-])=C(C=C1C=NN=C1c1ccc(F)cc1)CC. The van der Waals surface area contributed by atoms with Gasteiger partial charge in [-0.2, -0.15) is 5.10 Å². The summed E-state index contributed by atoms with van der Waals surface area (Å²) in [5, 5.41) is 29.7. The van der Waals surface area contributed by atoms with Crippen molar-refractivity contribution >= 4 is 24.0 Å². The Kier molecular flexibility index (Phi) is 8.49. The van der Waals surface area contributed by atoms with Gasteiger partial charge in [0.2, 0.25) is 5.70 Å². The van der Waals surface area contributed by atoms with Crippen LogP contribution in [0.3, 0.4) is 0 Å². The molecule has 0 radical (unpaired) electrons. The molecule has 162 valence electrons.